The molecular formula is C20H32N2O2S. The highest BCUT2D eigenvalue weighted by Crippen LogP contribution is 2.26. The maximum absolute atomic E-state index is 11.0. The van der Waals surface area contributed by atoms with E-state index in [4.69, 9.17) is 10.5 Å². The van der Waals surface area contributed by atoms with Crippen LogP contribution in [0.2, 0.25) is 0 Å². The zero-order valence-electron chi connectivity index (χ0n) is 15.7. The fourth-order valence-electron chi connectivity index (χ4n) is 2.79. The predicted molar refractivity (Wildman–Crippen MR) is 108 cm³/mol. The van der Waals surface area contributed by atoms with Gasteiger partial charge in [0.15, 0.2) is 5.12 Å². The van der Waals surface area contributed by atoms with Crippen molar-refractivity contribution in [2.24, 2.45) is 5.73 Å². The van der Waals surface area contributed by atoms with Crippen LogP contribution < -0.4 is 10.5 Å². The molecule has 2 atom stereocenters. The topological polar surface area (TPSA) is 55.6 Å². The zero-order valence-corrected chi connectivity index (χ0v) is 16.6. The first-order valence-electron chi connectivity index (χ1n) is 8.92. The van der Waals surface area contributed by atoms with Crippen LogP contribution in [0.3, 0.4) is 0 Å². The molecule has 2 N–H and O–H groups in total. The number of thiol groups is 1. The van der Waals surface area contributed by atoms with Gasteiger partial charge >= 0.3 is 0 Å². The van der Waals surface area contributed by atoms with E-state index in [1.807, 2.05) is 31.0 Å². The second kappa shape index (κ2) is 11.2. The van der Waals surface area contributed by atoms with E-state index < -0.39 is 0 Å². The van der Waals surface area contributed by atoms with E-state index >= 15 is 0 Å². The first-order chi connectivity index (χ1) is 11.8. The van der Waals surface area contributed by atoms with E-state index in [0.717, 1.165) is 38.0 Å². The molecule has 0 amide bonds. The van der Waals surface area contributed by atoms with Gasteiger partial charge in [0.1, 0.15) is 5.75 Å². The molecule has 0 aliphatic carbocycles. The van der Waals surface area contributed by atoms with Crippen molar-refractivity contribution in [2.75, 3.05) is 20.1 Å². The Morgan fingerprint density at radius 2 is 1.96 bits per heavy atom. The average molecular weight is 365 g/mol. The summed E-state index contributed by atoms with van der Waals surface area (Å²) in [5.74, 6) is 1.36. The Kier molecular flexibility index (Phi) is 9.68. The van der Waals surface area contributed by atoms with E-state index in [2.05, 4.69) is 38.3 Å². The summed E-state index contributed by atoms with van der Waals surface area (Å²) in [4.78, 5) is 13.1. The second-order valence-electron chi connectivity index (χ2n) is 6.72. The molecule has 1 rings (SSSR count). The molecule has 0 radical (unpaired) electrons. The Bertz CT molecular complexity index is 545. The molecule has 140 valence electrons. The average Bonchev–Trinajstić information content (AvgIpc) is 2.54. The van der Waals surface area contributed by atoms with Crippen molar-refractivity contribution >= 4 is 17.7 Å². The van der Waals surface area contributed by atoms with Crippen molar-refractivity contribution in [2.45, 2.75) is 51.6 Å². The molecule has 1 aromatic rings. The molecule has 0 heterocycles. The Labute approximate surface area is 157 Å². The summed E-state index contributed by atoms with van der Waals surface area (Å²) in [6.45, 7) is 9.22. The number of carbonyl (C=O) groups is 1. The number of benzene rings is 1. The van der Waals surface area contributed by atoms with E-state index in [-0.39, 0.29) is 11.2 Å². The largest absolute Gasteiger partial charge is 0.491 e. The lowest BCUT2D eigenvalue weighted by molar-refractivity contribution is -0.111. The Morgan fingerprint density at radius 1 is 1.32 bits per heavy atom. The minimum Gasteiger partial charge on any atom is -0.491 e. The van der Waals surface area contributed by atoms with Crippen LogP contribution in [-0.2, 0) is 4.79 Å². The minimum absolute atomic E-state index is 0.0932. The van der Waals surface area contributed by atoms with E-state index in [9.17, 15) is 4.79 Å². The van der Waals surface area contributed by atoms with Crippen LogP contribution in [0, 0.1) is 0 Å². The molecule has 4 nitrogen and oxygen atoms in total. The van der Waals surface area contributed by atoms with Gasteiger partial charge in [0, 0.05) is 5.70 Å². The molecule has 0 saturated carbocycles. The third-order valence-electron chi connectivity index (χ3n) is 4.32. The molecule has 0 spiro atoms. The first kappa shape index (κ1) is 21.6. The molecule has 0 fully saturated rings. The molecule has 0 bridgehead atoms. The Morgan fingerprint density at radius 3 is 2.48 bits per heavy atom. The lowest BCUT2D eigenvalue weighted by Crippen LogP contribution is -2.25. The minimum atomic E-state index is -0.0932. The fraction of sp³-hybridized carbons (Fsp3) is 0.550. The monoisotopic (exact) mass is 364 g/mol. The lowest BCUT2D eigenvalue weighted by atomic mass is 9.93. The molecule has 25 heavy (non-hydrogen) atoms. The molecule has 1 aromatic carbocycles. The van der Waals surface area contributed by atoms with E-state index in [1.54, 1.807) is 0 Å². The summed E-state index contributed by atoms with van der Waals surface area (Å²) in [6, 6.07) is 8.35. The highest BCUT2D eigenvalue weighted by molar-refractivity contribution is 7.96. The molecule has 2 unspecified atom stereocenters. The maximum atomic E-state index is 11.0. The summed E-state index contributed by atoms with van der Waals surface area (Å²) in [6.07, 6.45) is 3.84. The number of nitrogens with zero attached hydrogens (tertiary/aromatic N) is 1. The molecular weight excluding hydrogens is 332 g/mol. The number of nitrogens with two attached hydrogens (primary N) is 1. The highest BCUT2D eigenvalue weighted by atomic mass is 32.1. The van der Waals surface area contributed by atoms with Gasteiger partial charge in [0.25, 0.3) is 0 Å². The zero-order chi connectivity index (χ0) is 18.8. The van der Waals surface area contributed by atoms with Gasteiger partial charge in [-0.05, 0) is 69.8 Å². The van der Waals surface area contributed by atoms with Gasteiger partial charge in [-0.3, -0.25) is 9.69 Å². The van der Waals surface area contributed by atoms with Crippen LogP contribution >= 0.6 is 12.6 Å². The maximum Gasteiger partial charge on any atom is 0.199 e. The van der Waals surface area contributed by atoms with Crippen molar-refractivity contribution in [3.05, 3.63) is 42.1 Å². The van der Waals surface area contributed by atoms with Gasteiger partial charge in [0.05, 0.1) is 12.6 Å². The normalized spacial score (nSPS) is 13.5. The summed E-state index contributed by atoms with van der Waals surface area (Å²) in [7, 11) is 1.95. The smallest absolute Gasteiger partial charge is 0.199 e. The molecule has 0 saturated heterocycles. The second-order valence-corrected chi connectivity index (χ2v) is 7.22. The van der Waals surface area contributed by atoms with Crippen LogP contribution in [0.25, 0.3) is 0 Å². The number of allylic oxidation sites excluding steroid dienone is 1. The number of carbonyl (C=O) groups excluding carboxylic acids is 1. The SMILES string of the molecule is C=C(N)CCC(C)Oc1ccc(C(CC)CCN(C)CC(=O)S)cc1. The van der Waals surface area contributed by atoms with E-state index in [1.165, 1.54) is 5.56 Å². The summed E-state index contributed by atoms with van der Waals surface area (Å²) < 4.78 is 5.92. The van der Waals surface area contributed by atoms with Crippen molar-refractivity contribution in [3.63, 3.8) is 0 Å². The van der Waals surface area contributed by atoms with Gasteiger partial charge in [0.2, 0.25) is 0 Å². The molecule has 0 aromatic heterocycles. The summed E-state index contributed by atoms with van der Waals surface area (Å²) >= 11 is 3.83. The van der Waals surface area contributed by atoms with Gasteiger partial charge in [-0.15, -0.1) is 12.6 Å². The number of likely N-dealkylation sites (N-methyl/N-ethyl adjacent to an activating group) is 1. The number of hydrogen-bond donors (Lipinski definition) is 2. The Hall–Kier alpha value is -1.46. The predicted octanol–water partition coefficient (Wildman–Crippen LogP) is 3.98. The van der Waals surface area contributed by atoms with Crippen LogP contribution in [0.15, 0.2) is 36.5 Å². The van der Waals surface area contributed by atoms with E-state index in [0.29, 0.717) is 18.2 Å². The lowest BCUT2D eigenvalue weighted by Gasteiger charge is -2.21. The first-order valence-corrected chi connectivity index (χ1v) is 9.36. The molecule has 0 aliphatic heterocycles. The standard InChI is InChI=1S/C20H32N2O2S/c1-5-17(12-13-22(4)14-20(23)25)18-8-10-19(11-9-18)24-16(3)7-6-15(2)21/h8-11,16-17H,2,5-7,12-14,21H2,1,3-4H3,(H,23,25). The number of rotatable bonds is 12. The van der Waals surface area contributed by atoms with Crippen molar-refractivity contribution in [1.29, 1.82) is 0 Å². The van der Waals surface area contributed by atoms with Gasteiger partial charge < -0.3 is 10.5 Å². The van der Waals surface area contributed by atoms with Crippen LogP contribution in [-0.4, -0.2) is 36.3 Å². The molecule has 5 heteroatoms. The molecule has 0 aliphatic rings. The van der Waals surface area contributed by atoms with Gasteiger partial charge in [-0.2, -0.15) is 0 Å². The Balaban J connectivity index is 2.54. The fourth-order valence-corrected chi connectivity index (χ4v) is 3.03. The number of hydrogen-bond acceptors (Lipinski definition) is 4. The summed E-state index contributed by atoms with van der Waals surface area (Å²) in [5.41, 5.74) is 7.61. The number of ether oxygens (including phenoxy) is 1. The van der Waals surface area contributed by atoms with Gasteiger partial charge in [-0.1, -0.05) is 25.6 Å². The van der Waals surface area contributed by atoms with Crippen molar-refractivity contribution < 1.29 is 9.53 Å². The highest BCUT2D eigenvalue weighted by Gasteiger charge is 2.12. The van der Waals surface area contributed by atoms with Crippen LogP contribution in [0.4, 0.5) is 0 Å². The van der Waals surface area contributed by atoms with Crippen LogP contribution in [0.5, 0.6) is 5.75 Å². The van der Waals surface area contributed by atoms with Gasteiger partial charge in [-0.25, -0.2) is 0 Å². The third kappa shape index (κ3) is 8.98. The van der Waals surface area contributed by atoms with Crippen molar-refractivity contribution in [1.82, 2.24) is 4.90 Å². The quantitative estimate of drug-likeness (QED) is 0.551. The third-order valence-corrected chi connectivity index (χ3v) is 4.46. The summed E-state index contributed by atoms with van der Waals surface area (Å²) in [5, 5.41) is -0.0932. The van der Waals surface area contributed by atoms with Crippen LogP contribution in [0.1, 0.15) is 51.0 Å². The van der Waals surface area contributed by atoms with Crippen molar-refractivity contribution in [3.8, 4) is 5.75 Å².